The van der Waals surface area contributed by atoms with Crippen LogP contribution in [0.1, 0.15) is 38.3 Å². The van der Waals surface area contributed by atoms with E-state index in [0.29, 0.717) is 6.04 Å². The molecule has 0 amide bonds. The molecule has 2 aliphatic heterocycles. The number of benzene rings is 1. The summed E-state index contributed by atoms with van der Waals surface area (Å²) in [4.78, 5) is 16.7. The molecule has 0 radical (unpaired) electrons. The van der Waals surface area contributed by atoms with E-state index < -0.39 is 0 Å². The van der Waals surface area contributed by atoms with Gasteiger partial charge in [0.2, 0.25) is 0 Å². The van der Waals surface area contributed by atoms with Gasteiger partial charge in [0.15, 0.2) is 5.65 Å². The van der Waals surface area contributed by atoms with Gasteiger partial charge in [0, 0.05) is 25.7 Å². The first-order valence-electron chi connectivity index (χ1n) is 13.0. The molecule has 0 aliphatic carbocycles. The van der Waals surface area contributed by atoms with Crippen molar-refractivity contribution in [1.29, 1.82) is 0 Å². The molecule has 5 heterocycles. The number of hydrogen-bond acceptors (Lipinski definition) is 6. The van der Waals surface area contributed by atoms with Crippen LogP contribution >= 0.6 is 0 Å². The number of imidazole rings is 1. The number of halogens is 1. The molecule has 7 nitrogen and oxygen atoms in total. The Labute approximate surface area is 211 Å². The maximum atomic E-state index is 13.9. The Kier molecular flexibility index (Phi) is 6.05. The van der Waals surface area contributed by atoms with Crippen LogP contribution in [0.15, 0.2) is 60.8 Å². The molecule has 36 heavy (non-hydrogen) atoms. The van der Waals surface area contributed by atoms with Crippen LogP contribution in [0.5, 0.6) is 0 Å². The summed E-state index contributed by atoms with van der Waals surface area (Å²) in [7, 11) is 0. The van der Waals surface area contributed by atoms with Gasteiger partial charge in [0.05, 0.1) is 17.9 Å². The fraction of sp³-hybridized carbons (Fsp3) is 0.393. The highest BCUT2D eigenvalue weighted by molar-refractivity contribution is 5.63. The Morgan fingerprint density at radius 2 is 1.83 bits per heavy atom. The van der Waals surface area contributed by atoms with Crippen molar-refractivity contribution in [1.82, 2.24) is 24.5 Å². The summed E-state index contributed by atoms with van der Waals surface area (Å²) in [5.41, 5.74) is 3.51. The number of aromatic nitrogens is 4. The second-order valence-corrected chi connectivity index (χ2v) is 9.67. The summed E-state index contributed by atoms with van der Waals surface area (Å²) in [6.45, 7) is 9.50. The number of hydrogen-bond donors (Lipinski definition) is 0. The quantitative estimate of drug-likeness (QED) is 0.375. The van der Waals surface area contributed by atoms with Gasteiger partial charge in [-0.25, -0.2) is 18.9 Å². The Bertz CT molecular complexity index is 1360. The fourth-order valence-electron chi connectivity index (χ4n) is 5.65. The topological polar surface area (TPSA) is 52.8 Å². The summed E-state index contributed by atoms with van der Waals surface area (Å²) in [5, 5.41) is 4.98. The highest BCUT2D eigenvalue weighted by atomic mass is 19.1. The molecule has 4 aromatic rings. The highest BCUT2D eigenvalue weighted by Gasteiger charge is 2.31. The first kappa shape index (κ1) is 22.9. The third kappa shape index (κ3) is 4.09. The standard InChI is InChI=1S/C28H32FN7/c1-3-33(4-2)22-18-34(19-22)27-12-6-10-23(31-27)25-17-30-26-13-14-28(32-36(25)26)35-15-7-11-24(35)20-8-5-9-21(29)16-20/h5-6,8-10,12-14,16-17,22,24H,3-4,7,11,15,18-19H2,1-2H3. The van der Waals surface area contributed by atoms with E-state index in [1.54, 1.807) is 12.1 Å². The minimum Gasteiger partial charge on any atom is -0.353 e. The van der Waals surface area contributed by atoms with Crippen molar-refractivity contribution in [2.24, 2.45) is 0 Å². The van der Waals surface area contributed by atoms with E-state index in [2.05, 4.69) is 45.7 Å². The number of fused-ring (bicyclic) bond motifs is 1. The van der Waals surface area contributed by atoms with Gasteiger partial charge < -0.3 is 9.80 Å². The maximum absolute atomic E-state index is 13.9. The molecule has 1 atom stereocenters. The third-order valence-corrected chi connectivity index (χ3v) is 7.64. The van der Waals surface area contributed by atoms with E-state index in [0.717, 1.165) is 79.8 Å². The largest absolute Gasteiger partial charge is 0.353 e. The van der Waals surface area contributed by atoms with Crippen molar-refractivity contribution in [3.8, 4) is 11.4 Å². The van der Waals surface area contributed by atoms with Gasteiger partial charge >= 0.3 is 0 Å². The van der Waals surface area contributed by atoms with Crippen LogP contribution < -0.4 is 9.80 Å². The van der Waals surface area contributed by atoms with Crippen LogP contribution in [-0.2, 0) is 0 Å². The zero-order valence-electron chi connectivity index (χ0n) is 20.9. The lowest BCUT2D eigenvalue weighted by molar-refractivity contribution is 0.183. The van der Waals surface area contributed by atoms with E-state index in [4.69, 9.17) is 10.1 Å². The van der Waals surface area contributed by atoms with Crippen LogP contribution in [0.25, 0.3) is 17.0 Å². The van der Waals surface area contributed by atoms with Crippen LogP contribution in [0, 0.1) is 5.82 Å². The van der Waals surface area contributed by atoms with Gasteiger partial charge in [-0.3, -0.25) is 4.90 Å². The smallest absolute Gasteiger partial charge is 0.154 e. The highest BCUT2D eigenvalue weighted by Crippen LogP contribution is 2.36. The van der Waals surface area contributed by atoms with Crippen LogP contribution in [0.3, 0.4) is 0 Å². The molecule has 186 valence electrons. The van der Waals surface area contributed by atoms with Gasteiger partial charge in [-0.05, 0) is 67.9 Å². The minimum atomic E-state index is -0.198. The van der Waals surface area contributed by atoms with Crippen LogP contribution in [0.2, 0.25) is 0 Å². The van der Waals surface area contributed by atoms with E-state index >= 15 is 0 Å². The Morgan fingerprint density at radius 3 is 2.64 bits per heavy atom. The lowest BCUT2D eigenvalue weighted by Gasteiger charge is -2.45. The molecule has 3 aromatic heterocycles. The first-order valence-corrected chi connectivity index (χ1v) is 13.0. The lowest BCUT2D eigenvalue weighted by atomic mass is 10.0. The Balaban J connectivity index is 1.28. The third-order valence-electron chi connectivity index (χ3n) is 7.64. The van der Waals surface area contributed by atoms with Crippen molar-refractivity contribution in [3.63, 3.8) is 0 Å². The van der Waals surface area contributed by atoms with E-state index in [-0.39, 0.29) is 11.9 Å². The van der Waals surface area contributed by atoms with Gasteiger partial charge in [-0.15, -0.1) is 5.10 Å². The second kappa shape index (κ2) is 9.50. The monoisotopic (exact) mass is 485 g/mol. The molecule has 1 unspecified atom stereocenters. The molecule has 0 N–H and O–H groups in total. The molecular weight excluding hydrogens is 453 g/mol. The summed E-state index contributed by atoms with van der Waals surface area (Å²) in [5.74, 6) is 1.67. The summed E-state index contributed by atoms with van der Waals surface area (Å²) in [6.07, 6.45) is 3.88. The lowest BCUT2D eigenvalue weighted by Crippen LogP contribution is -2.59. The number of likely N-dealkylation sites (N-methyl/N-ethyl adjacent to an activating group) is 1. The molecular formula is C28H32FN7. The molecule has 0 saturated carbocycles. The van der Waals surface area contributed by atoms with Crippen LogP contribution in [0.4, 0.5) is 16.0 Å². The van der Waals surface area contributed by atoms with Gasteiger partial charge in [-0.2, -0.15) is 0 Å². The summed E-state index contributed by atoms with van der Waals surface area (Å²) in [6, 6.07) is 17.8. The van der Waals surface area contributed by atoms with Crippen molar-refractivity contribution in [3.05, 3.63) is 72.2 Å². The molecule has 0 bridgehead atoms. The Morgan fingerprint density at radius 1 is 1.00 bits per heavy atom. The average molecular weight is 486 g/mol. The van der Waals surface area contributed by atoms with E-state index in [9.17, 15) is 4.39 Å². The zero-order valence-corrected chi connectivity index (χ0v) is 20.9. The molecule has 6 rings (SSSR count). The van der Waals surface area contributed by atoms with Gasteiger partial charge in [0.25, 0.3) is 0 Å². The number of pyridine rings is 1. The predicted octanol–water partition coefficient (Wildman–Crippen LogP) is 4.80. The predicted molar refractivity (Wildman–Crippen MR) is 141 cm³/mol. The van der Waals surface area contributed by atoms with E-state index in [1.807, 2.05) is 35.0 Å². The fourth-order valence-corrected chi connectivity index (χ4v) is 5.65. The van der Waals surface area contributed by atoms with Crippen LogP contribution in [-0.4, -0.2) is 63.2 Å². The molecule has 2 saturated heterocycles. The number of rotatable bonds is 7. The maximum Gasteiger partial charge on any atom is 0.154 e. The number of nitrogens with zero attached hydrogens (tertiary/aromatic N) is 7. The molecule has 1 aromatic carbocycles. The zero-order chi connectivity index (χ0) is 24.6. The number of anilines is 2. The molecule has 2 fully saturated rings. The summed E-state index contributed by atoms with van der Waals surface area (Å²) < 4.78 is 15.8. The molecule has 0 spiro atoms. The molecule has 2 aliphatic rings. The SMILES string of the molecule is CCN(CC)C1CN(c2cccc(-c3cnc4ccc(N5CCCC5c5cccc(F)c5)nn34)n2)C1. The van der Waals surface area contributed by atoms with Crippen molar-refractivity contribution < 1.29 is 4.39 Å². The Hall–Kier alpha value is -3.52. The van der Waals surface area contributed by atoms with Gasteiger partial charge in [-0.1, -0.05) is 32.0 Å². The van der Waals surface area contributed by atoms with Crippen molar-refractivity contribution in [2.45, 2.75) is 38.8 Å². The normalized spacial score (nSPS) is 18.4. The minimum absolute atomic E-state index is 0.115. The van der Waals surface area contributed by atoms with Gasteiger partial charge in [0.1, 0.15) is 23.1 Å². The van der Waals surface area contributed by atoms with Crippen molar-refractivity contribution >= 4 is 17.3 Å². The van der Waals surface area contributed by atoms with Crippen molar-refractivity contribution in [2.75, 3.05) is 42.5 Å². The summed E-state index contributed by atoms with van der Waals surface area (Å²) >= 11 is 0. The van der Waals surface area contributed by atoms with E-state index in [1.165, 1.54) is 6.07 Å². The average Bonchev–Trinajstić information content (AvgIpc) is 3.53. The first-order chi connectivity index (χ1) is 17.6. The molecule has 8 heteroatoms. The second-order valence-electron chi connectivity index (χ2n) is 9.67.